The van der Waals surface area contributed by atoms with Gasteiger partial charge in [-0.25, -0.2) is 0 Å². The van der Waals surface area contributed by atoms with E-state index in [1.165, 1.54) is 37.9 Å². The number of nitrogens with one attached hydrogen (secondary N) is 1. The van der Waals surface area contributed by atoms with Crippen LogP contribution in [0.25, 0.3) is 32.3 Å². The molecule has 1 amide bonds. The predicted octanol–water partition coefficient (Wildman–Crippen LogP) is 5.72. The molecule has 2 heteroatoms. The molecule has 0 spiro atoms. The van der Waals surface area contributed by atoms with Crippen molar-refractivity contribution in [3.63, 3.8) is 0 Å². The van der Waals surface area contributed by atoms with Gasteiger partial charge in [0.15, 0.2) is 0 Å². The Balaban J connectivity index is 1.63. The molecule has 0 fully saturated rings. The number of amides is 1. The van der Waals surface area contributed by atoms with Crippen LogP contribution in [0.2, 0.25) is 0 Å². The van der Waals surface area contributed by atoms with Gasteiger partial charge in [-0.15, -0.1) is 0 Å². The molecule has 0 saturated carbocycles. The number of hydrogen-bond acceptors (Lipinski definition) is 1. The summed E-state index contributed by atoms with van der Waals surface area (Å²) in [6, 6.07) is 19.7. The Morgan fingerprint density at radius 3 is 2.38 bits per heavy atom. The molecular weight excluding hydrogens is 318 g/mol. The van der Waals surface area contributed by atoms with Crippen molar-refractivity contribution in [2.45, 2.75) is 19.3 Å². The minimum Gasteiger partial charge on any atom is -0.333 e. The lowest BCUT2D eigenvalue weighted by atomic mass is 9.90. The van der Waals surface area contributed by atoms with E-state index in [2.05, 4.69) is 66.5 Å². The zero-order chi connectivity index (χ0) is 17.9. The zero-order valence-electron chi connectivity index (χ0n) is 14.7. The van der Waals surface area contributed by atoms with Gasteiger partial charge in [-0.3, -0.25) is 4.79 Å². The van der Waals surface area contributed by atoms with Crippen molar-refractivity contribution >= 4 is 38.2 Å². The van der Waals surface area contributed by atoms with E-state index >= 15 is 0 Å². The van der Waals surface area contributed by atoms with E-state index in [0.29, 0.717) is 6.42 Å². The van der Waals surface area contributed by atoms with Crippen LogP contribution >= 0.6 is 0 Å². The molecule has 0 aromatic heterocycles. The summed E-state index contributed by atoms with van der Waals surface area (Å²) >= 11 is 0. The van der Waals surface area contributed by atoms with E-state index in [9.17, 15) is 4.79 Å². The number of aryl methyl sites for hydroxylation is 1. The molecular formula is C24H21NO. The summed E-state index contributed by atoms with van der Waals surface area (Å²) in [4.78, 5) is 11.8. The van der Waals surface area contributed by atoms with Gasteiger partial charge in [-0.05, 0) is 56.8 Å². The van der Waals surface area contributed by atoms with Crippen molar-refractivity contribution in [3.8, 4) is 0 Å². The maximum atomic E-state index is 11.8. The number of benzene rings is 4. The SMILES string of the molecule is C=C/C=C/NC(=O)CCCc1ccc2ccc3cccc4ccc1c2c34. The fourth-order valence-electron chi connectivity index (χ4n) is 3.73. The lowest BCUT2D eigenvalue weighted by Gasteiger charge is -2.13. The molecule has 0 saturated heterocycles. The standard InChI is InChI=1S/C24H21NO/c1-2-3-16-25-22(26)9-5-6-17-10-11-20-13-12-18-7-4-8-19-14-15-21(17)24(20)23(18)19/h2-4,7-8,10-16H,1,5-6,9H2,(H,25,26)/b16-3+. The Labute approximate surface area is 153 Å². The number of hydrogen-bond donors (Lipinski definition) is 1. The molecule has 4 aromatic carbocycles. The lowest BCUT2D eigenvalue weighted by molar-refractivity contribution is -0.120. The maximum Gasteiger partial charge on any atom is 0.223 e. The van der Waals surface area contributed by atoms with Gasteiger partial charge in [-0.1, -0.05) is 67.3 Å². The highest BCUT2D eigenvalue weighted by Gasteiger charge is 2.10. The van der Waals surface area contributed by atoms with Crippen LogP contribution in [0.15, 0.2) is 79.5 Å². The molecule has 0 aliphatic rings. The molecule has 0 heterocycles. The smallest absolute Gasteiger partial charge is 0.223 e. The van der Waals surface area contributed by atoms with E-state index in [4.69, 9.17) is 0 Å². The second kappa shape index (κ2) is 7.01. The molecule has 0 aliphatic heterocycles. The molecule has 4 aromatic rings. The van der Waals surface area contributed by atoms with Crippen LogP contribution in [0.5, 0.6) is 0 Å². The second-order valence-electron chi connectivity index (χ2n) is 6.60. The highest BCUT2D eigenvalue weighted by molar-refractivity contribution is 6.23. The van der Waals surface area contributed by atoms with Crippen molar-refractivity contribution < 1.29 is 4.79 Å². The molecule has 0 unspecified atom stereocenters. The predicted molar refractivity (Wildman–Crippen MR) is 111 cm³/mol. The van der Waals surface area contributed by atoms with Crippen LogP contribution in [0, 0.1) is 0 Å². The Hall–Kier alpha value is -3.13. The van der Waals surface area contributed by atoms with Gasteiger partial charge in [0.25, 0.3) is 0 Å². The second-order valence-corrected chi connectivity index (χ2v) is 6.60. The van der Waals surface area contributed by atoms with Crippen LogP contribution in [-0.4, -0.2) is 5.91 Å². The van der Waals surface area contributed by atoms with Crippen LogP contribution in [0.1, 0.15) is 18.4 Å². The van der Waals surface area contributed by atoms with Crippen LogP contribution < -0.4 is 5.32 Å². The highest BCUT2D eigenvalue weighted by Crippen LogP contribution is 2.36. The van der Waals surface area contributed by atoms with Crippen molar-refractivity contribution in [1.82, 2.24) is 5.32 Å². The third kappa shape index (κ3) is 2.95. The average molecular weight is 339 g/mol. The van der Waals surface area contributed by atoms with Gasteiger partial charge in [0.05, 0.1) is 0 Å². The summed E-state index contributed by atoms with van der Waals surface area (Å²) in [5.74, 6) is 0.0424. The number of carbonyl (C=O) groups excluding carboxylic acids is 1. The van der Waals surface area contributed by atoms with Gasteiger partial charge in [0.2, 0.25) is 5.91 Å². The molecule has 0 atom stereocenters. The summed E-state index contributed by atoms with van der Waals surface area (Å²) in [5.41, 5.74) is 1.31. The number of allylic oxidation sites excluding steroid dienone is 2. The molecule has 4 rings (SSSR count). The average Bonchev–Trinajstić information content (AvgIpc) is 2.67. The Bertz CT molecular complexity index is 1110. The molecule has 0 radical (unpaired) electrons. The molecule has 128 valence electrons. The first-order valence-corrected chi connectivity index (χ1v) is 9.00. The van der Waals surface area contributed by atoms with Crippen molar-refractivity contribution in [1.29, 1.82) is 0 Å². The van der Waals surface area contributed by atoms with Crippen LogP contribution in [0.4, 0.5) is 0 Å². The van der Waals surface area contributed by atoms with E-state index in [1.54, 1.807) is 18.4 Å². The summed E-state index contributed by atoms with van der Waals surface area (Å²) < 4.78 is 0. The van der Waals surface area contributed by atoms with Crippen molar-refractivity contribution in [2.24, 2.45) is 0 Å². The highest BCUT2D eigenvalue weighted by atomic mass is 16.1. The van der Waals surface area contributed by atoms with E-state index < -0.39 is 0 Å². The first-order valence-electron chi connectivity index (χ1n) is 9.00. The molecule has 2 nitrogen and oxygen atoms in total. The Kier molecular flexibility index (Phi) is 4.40. The minimum absolute atomic E-state index is 0.0424. The van der Waals surface area contributed by atoms with E-state index in [0.717, 1.165) is 12.8 Å². The molecule has 26 heavy (non-hydrogen) atoms. The quantitative estimate of drug-likeness (QED) is 0.353. The summed E-state index contributed by atoms with van der Waals surface area (Å²) in [6.45, 7) is 3.58. The maximum absolute atomic E-state index is 11.8. The fourth-order valence-corrected chi connectivity index (χ4v) is 3.73. The lowest BCUT2D eigenvalue weighted by Crippen LogP contribution is -2.16. The first-order chi connectivity index (χ1) is 12.8. The van der Waals surface area contributed by atoms with E-state index in [-0.39, 0.29) is 5.91 Å². The van der Waals surface area contributed by atoms with E-state index in [1.807, 2.05) is 0 Å². The molecule has 0 aliphatic carbocycles. The van der Waals surface area contributed by atoms with Gasteiger partial charge in [0.1, 0.15) is 0 Å². The largest absolute Gasteiger partial charge is 0.333 e. The Morgan fingerprint density at radius 1 is 0.923 bits per heavy atom. The fraction of sp³-hybridized carbons (Fsp3) is 0.125. The topological polar surface area (TPSA) is 29.1 Å². The van der Waals surface area contributed by atoms with Gasteiger partial charge < -0.3 is 5.32 Å². The number of rotatable bonds is 6. The van der Waals surface area contributed by atoms with Gasteiger partial charge in [0, 0.05) is 12.6 Å². The monoisotopic (exact) mass is 339 g/mol. The third-order valence-corrected chi connectivity index (χ3v) is 4.95. The van der Waals surface area contributed by atoms with Crippen molar-refractivity contribution in [2.75, 3.05) is 0 Å². The Morgan fingerprint density at radius 2 is 1.62 bits per heavy atom. The van der Waals surface area contributed by atoms with Crippen LogP contribution in [-0.2, 0) is 11.2 Å². The summed E-state index contributed by atoms with van der Waals surface area (Å²) in [6.07, 6.45) is 7.24. The molecule has 0 bridgehead atoms. The first kappa shape index (κ1) is 16.3. The number of carbonyl (C=O) groups is 1. The summed E-state index contributed by atoms with van der Waals surface area (Å²) in [7, 11) is 0. The zero-order valence-corrected chi connectivity index (χ0v) is 14.7. The third-order valence-electron chi connectivity index (χ3n) is 4.95. The summed E-state index contributed by atoms with van der Waals surface area (Å²) in [5, 5.41) is 10.6. The minimum atomic E-state index is 0.0424. The van der Waals surface area contributed by atoms with Crippen molar-refractivity contribution in [3.05, 3.63) is 85.1 Å². The normalized spacial score (nSPS) is 11.7. The molecule has 1 N–H and O–H groups in total. The van der Waals surface area contributed by atoms with Crippen LogP contribution in [0.3, 0.4) is 0 Å². The van der Waals surface area contributed by atoms with Gasteiger partial charge >= 0.3 is 0 Å². The van der Waals surface area contributed by atoms with Gasteiger partial charge in [-0.2, -0.15) is 0 Å².